The van der Waals surface area contributed by atoms with Crippen LogP contribution in [-0.4, -0.2) is 31.2 Å². The number of anilines is 1. The summed E-state index contributed by atoms with van der Waals surface area (Å²) in [6.07, 6.45) is 3.21. The third-order valence-electron chi connectivity index (χ3n) is 4.66. The number of esters is 1. The highest BCUT2D eigenvalue weighted by Crippen LogP contribution is 2.50. The van der Waals surface area contributed by atoms with E-state index in [-0.39, 0.29) is 11.4 Å². The van der Waals surface area contributed by atoms with E-state index in [1.807, 2.05) is 25.1 Å². The number of aryl methyl sites for hydroxylation is 1. The number of nitrogens with zero attached hydrogens (tertiary/aromatic N) is 2. The molecule has 3 rings (SSSR count). The Kier molecular flexibility index (Phi) is 2.96. The van der Waals surface area contributed by atoms with Crippen molar-refractivity contribution in [3.05, 3.63) is 23.9 Å². The zero-order chi connectivity index (χ0) is 13.5. The summed E-state index contributed by atoms with van der Waals surface area (Å²) in [7, 11) is 1.50. The maximum absolute atomic E-state index is 12.2. The molecule has 102 valence electrons. The van der Waals surface area contributed by atoms with Gasteiger partial charge in [-0.2, -0.15) is 0 Å². The van der Waals surface area contributed by atoms with E-state index in [2.05, 4.69) is 9.88 Å². The van der Waals surface area contributed by atoms with Crippen LogP contribution in [0.3, 0.4) is 0 Å². The van der Waals surface area contributed by atoms with Crippen molar-refractivity contribution in [3.8, 4) is 0 Å². The largest absolute Gasteiger partial charge is 0.469 e. The van der Waals surface area contributed by atoms with Crippen LogP contribution in [0.25, 0.3) is 0 Å². The van der Waals surface area contributed by atoms with E-state index in [4.69, 9.17) is 4.74 Å². The molecule has 0 spiro atoms. The Morgan fingerprint density at radius 3 is 3.11 bits per heavy atom. The molecule has 2 heterocycles. The van der Waals surface area contributed by atoms with Crippen LogP contribution >= 0.6 is 0 Å². The molecular formula is C15H20N2O2. The molecule has 1 aromatic heterocycles. The van der Waals surface area contributed by atoms with Crippen LogP contribution in [0.4, 0.5) is 5.82 Å². The van der Waals surface area contributed by atoms with E-state index in [1.54, 1.807) is 0 Å². The van der Waals surface area contributed by atoms with Gasteiger partial charge in [0.2, 0.25) is 0 Å². The van der Waals surface area contributed by atoms with Gasteiger partial charge in [0, 0.05) is 18.8 Å². The van der Waals surface area contributed by atoms with Gasteiger partial charge in [0.15, 0.2) is 0 Å². The second-order valence-electron chi connectivity index (χ2n) is 5.75. The summed E-state index contributed by atoms with van der Waals surface area (Å²) in [6.45, 7) is 3.67. The molecule has 4 nitrogen and oxygen atoms in total. The number of pyridine rings is 1. The van der Waals surface area contributed by atoms with Gasteiger partial charge >= 0.3 is 5.97 Å². The lowest BCUT2D eigenvalue weighted by Gasteiger charge is -2.25. The lowest BCUT2D eigenvalue weighted by Crippen LogP contribution is -2.37. The predicted molar refractivity (Wildman–Crippen MR) is 73.0 cm³/mol. The molecule has 1 saturated carbocycles. The minimum absolute atomic E-state index is 0.0369. The predicted octanol–water partition coefficient (Wildman–Crippen LogP) is 2.17. The number of aromatic nitrogens is 1. The Hall–Kier alpha value is -1.58. The zero-order valence-electron chi connectivity index (χ0n) is 11.6. The van der Waals surface area contributed by atoms with Gasteiger partial charge in [-0.1, -0.05) is 12.5 Å². The summed E-state index contributed by atoms with van der Waals surface area (Å²) in [5, 5.41) is 0. The molecule has 0 amide bonds. The van der Waals surface area contributed by atoms with Crippen LogP contribution < -0.4 is 4.90 Å². The Balaban J connectivity index is 1.88. The quantitative estimate of drug-likeness (QED) is 0.764. The normalized spacial score (nSPS) is 29.4. The molecule has 0 aromatic carbocycles. The van der Waals surface area contributed by atoms with E-state index in [0.717, 1.165) is 43.9 Å². The SMILES string of the molecule is COC(=O)[C@]12CCC[C@H]1CN(c1cccc(C)n1)C2. The summed E-state index contributed by atoms with van der Waals surface area (Å²) in [4.78, 5) is 19.0. The van der Waals surface area contributed by atoms with Gasteiger partial charge in [0.05, 0.1) is 12.5 Å². The van der Waals surface area contributed by atoms with Crippen molar-refractivity contribution in [2.45, 2.75) is 26.2 Å². The third kappa shape index (κ3) is 1.90. The summed E-state index contributed by atoms with van der Waals surface area (Å²) in [5.74, 6) is 1.37. The standard InChI is InChI=1S/C15H20N2O2/c1-11-5-3-7-13(16-11)17-9-12-6-4-8-15(12,10-17)14(18)19-2/h3,5,7,12H,4,6,8-10H2,1-2H3/t12-,15-/m0/s1. The summed E-state index contributed by atoms with van der Waals surface area (Å²) >= 11 is 0. The maximum atomic E-state index is 12.2. The van der Waals surface area contributed by atoms with Crippen molar-refractivity contribution in [2.75, 3.05) is 25.1 Å². The monoisotopic (exact) mass is 260 g/mol. The molecule has 0 unspecified atom stereocenters. The molecule has 2 atom stereocenters. The van der Waals surface area contributed by atoms with Crippen molar-refractivity contribution < 1.29 is 9.53 Å². The number of fused-ring (bicyclic) bond motifs is 1. The molecular weight excluding hydrogens is 240 g/mol. The van der Waals surface area contributed by atoms with E-state index >= 15 is 0 Å². The molecule has 4 heteroatoms. The van der Waals surface area contributed by atoms with Crippen LogP contribution in [0.15, 0.2) is 18.2 Å². The third-order valence-corrected chi connectivity index (χ3v) is 4.66. The van der Waals surface area contributed by atoms with Crippen molar-refractivity contribution >= 4 is 11.8 Å². The molecule has 1 aliphatic heterocycles. The number of carbonyl (C=O) groups excluding carboxylic acids is 1. The summed E-state index contributed by atoms with van der Waals surface area (Å²) in [6, 6.07) is 6.05. The molecule has 0 radical (unpaired) electrons. The first-order chi connectivity index (χ1) is 9.15. The van der Waals surface area contributed by atoms with Gasteiger partial charge in [0.25, 0.3) is 0 Å². The number of rotatable bonds is 2. The molecule has 2 aliphatic rings. The van der Waals surface area contributed by atoms with E-state index in [1.165, 1.54) is 7.11 Å². The maximum Gasteiger partial charge on any atom is 0.313 e. The number of carbonyl (C=O) groups is 1. The number of hydrogen-bond donors (Lipinski definition) is 0. The Morgan fingerprint density at radius 1 is 1.53 bits per heavy atom. The molecule has 0 N–H and O–H groups in total. The van der Waals surface area contributed by atoms with Crippen molar-refractivity contribution in [2.24, 2.45) is 11.3 Å². The second-order valence-corrected chi connectivity index (χ2v) is 5.75. The van der Waals surface area contributed by atoms with Crippen molar-refractivity contribution in [1.82, 2.24) is 4.98 Å². The number of ether oxygens (including phenoxy) is 1. The lowest BCUT2D eigenvalue weighted by atomic mass is 9.81. The molecule has 1 aromatic rings. The minimum Gasteiger partial charge on any atom is -0.469 e. The van der Waals surface area contributed by atoms with Gasteiger partial charge < -0.3 is 9.64 Å². The second kappa shape index (κ2) is 4.51. The first-order valence-corrected chi connectivity index (χ1v) is 6.93. The molecule has 2 fully saturated rings. The summed E-state index contributed by atoms with van der Waals surface area (Å²) < 4.78 is 5.06. The van der Waals surface area contributed by atoms with Crippen LogP contribution in [0.5, 0.6) is 0 Å². The fraction of sp³-hybridized carbons (Fsp3) is 0.600. The van der Waals surface area contributed by atoms with Crippen LogP contribution in [-0.2, 0) is 9.53 Å². The van der Waals surface area contributed by atoms with Gasteiger partial charge in [0.1, 0.15) is 5.82 Å². The summed E-state index contributed by atoms with van der Waals surface area (Å²) in [5.41, 5.74) is 0.724. The highest BCUT2D eigenvalue weighted by atomic mass is 16.5. The van der Waals surface area contributed by atoms with Gasteiger partial charge in [-0.05, 0) is 37.8 Å². The van der Waals surface area contributed by atoms with Crippen molar-refractivity contribution in [1.29, 1.82) is 0 Å². The average Bonchev–Trinajstić information content (AvgIpc) is 2.95. The topological polar surface area (TPSA) is 42.4 Å². The van der Waals surface area contributed by atoms with Crippen LogP contribution in [0.2, 0.25) is 0 Å². The Bertz CT molecular complexity index is 503. The van der Waals surface area contributed by atoms with Crippen molar-refractivity contribution in [3.63, 3.8) is 0 Å². The molecule has 0 bridgehead atoms. The molecule has 19 heavy (non-hydrogen) atoms. The van der Waals surface area contributed by atoms with Gasteiger partial charge in [-0.15, -0.1) is 0 Å². The average molecular weight is 260 g/mol. The fourth-order valence-corrected chi connectivity index (χ4v) is 3.71. The lowest BCUT2D eigenvalue weighted by molar-refractivity contribution is -0.152. The molecule has 1 aliphatic carbocycles. The fourth-order valence-electron chi connectivity index (χ4n) is 3.71. The smallest absolute Gasteiger partial charge is 0.313 e. The van der Waals surface area contributed by atoms with Gasteiger partial charge in [-0.3, -0.25) is 4.79 Å². The van der Waals surface area contributed by atoms with Crippen LogP contribution in [0.1, 0.15) is 25.0 Å². The highest BCUT2D eigenvalue weighted by Gasteiger charge is 2.55. The van der Waals surface area contributed by atoms with Gasteiger partial charge in [-0.25, -0.2) is 4.98 Å². The number of hydrogen-bond acceptors (Lipinski definition) is 4. The first kappa shape index (κ1) is 12.5. The zero-order valence-corrected chi connectivity index (χ0v) is 11.6. The van der Waals surface area contributed by atoms with E-state index in [0.29, 0.717) is 5.92 Å². The minimum atomic E-state index is -0.291. The van der Waals surface area contributed by atoms with E-state index < -0.39 is 0 Å². The van der Waals surface area contributed by atoms with Crippen LogP contribution in [0, 0.1) is 18.3 Å². The Morgan fingerprint density at radius 2 is 2.37 bits per heavy atom. The number of methoxy groups -OCH3 is 1. The van der Waals surface area contributed by atoms with E-state index in [9.17, 15) is 4.79 Å². The molecule has 1 saturated heterocycles. The highest BCUT2D eigenvalue weighted by molar-refractivity contribution is 5.79. The first-order valence-electron chi connectivity index (χ1n) is 6.93. The Labute approximate surface area is 113 Å².